The average molecular weight is 301 g/mol. The molecule has 0 spiro atoms. The van der Waals surface area contributed by atoms with Gasteiger partial charge in [-0.15, -0.1) is 0 Å². The van der Waals surface area contributed by atoms with Crippen LogP contribution in [0.1, 0.15) is 6.92 Å². The van der Waals surface area contributed by atoms with E-state index in [1.165, 1.54) is 0 Å². The van der Waals surface area contributed by atoms with Crippen molar-refractivity contribution in [3.63, 3.8) is 0 Å². The fourth-order valence-electron chi connectivity index (χ4n) is 1.33. The minimum atomic E-state index is -0.588. The van der Waals surface area contributed by atoms with E-state index < -0.39 is 6.04 Å². The second-order valence-electron chi connectivity index (χ2n) is 3.26. The Labute approximate surface area is 124 Å². The number of ether oxygens (including phenoxy) is 1. The largest absolute Gasteiger partial charge is 1.00 e. The van der Waals surface area contributed by atoms with Gasteiger partial charge < -0.3 is 0 Å². The third kappa shape index (κ3) is 3.83. The molecule has 0 fully saturated rings. The molecule has 0 N–H and O–H groups in total. The predicted molar refractivity (Wildman–Crippen MR) is 67.1 cm³/mol. The van der Waals surface area contributed by atoms with Crippen LogP contribution < -0.4 is 18.9 Å². The molecule has 0 aliphatic carbocycles. The van der Waals surface area contributed by atoms with Gasteiger partial charge in [-0.2, -0.15) is 0 Å². The quantitative estimate of drug-likeness (QED) is 0.379. The molecule has 1 aromatic rings. The molecule has 1 unspecified atom stereocenters. The molecule has 1 atom stereocenters. The van der Waals surface area contributed by atoms with Crippen LogP contribution in [0.4, 0.5) is 5.69 Å². The third-order valence-electron chi connectivity index (χ3n) is 2.07. The first-order chi connectivity index (χ1) is 8.31. The molecule has 0 amide bonds. The molecule has 2 rings (SSSR count). The topological polar surface area (TPSA) is 51.0 Å². The van der Waals surface area contributed by atoms with Crippen molar-refractivity contribution >= 4 is 36.3 Å². The maximum Gasteiger partial charge on any atom is 1.00 e. The van der Waals surface area contributed by atoms with Gasteiger partial charge in [0.1, 0.15) is 0 Å². The van der Waals surface area contributed by atoms with Crippen LogP contribution in [0.3, 0.4) is 0 Å². The molecular formula is C12H11LiN2O2Se. The summed E-state index contributed by atoms with van der Waals surface area (Å²) in [6, 6.07) is 8.94. The fourth-order valence-corrected chi connectivity index (χ4v) is 2.72. The van der Waals surface area contributed by atoms with E-state index in [1.54, 1.807) is 6.92 Å². The number of esters is 1. The summed E-state index contributed by atoms with van der Waals surface area (Å²) in [6.07, 6.45) is 0. The predicted octanol–water partition coefficient (Wildman–Crippen LogP) is -1.72. The van der Waals surface area contributed by atoms with E-state index in [1.807, 2.05) is 30.3 Å². The number of aliphatic imine (C=N–C) groups is 2. The molecule has 1 heterocycles. The molecule has 4 nitrogen and oxygen atoms in total. The van der Waals surface area contributed by atoms with Gasteiger partial charge in [-0.1, -0.05) is 0 Å². The Morgan fingerprint density at radius 1 is 1.50 bits per heavy atom. The van der Waals surface area contributed by atoms with Gasteiger partial charge >= 0.3 is 125 Å². The number of para-hydroxylation sites is 1. The zero-order valence-electron chi connectivity index (χ0n) is 10.3. The van der Waals surface area contributed by atoms with Gasteiger partial charge in [0.25, 0.3) is 0 Å². The van der Waals surface area contributed by atoms with Crippen LogP contribution in [-0.2, 0) is 9.53 Å². The Bertz CT molecular complexity index is 462. The van der Waals surface area contributed by atoms with Gasteiger partial charge in [-0.25, -0.2) is 0 Å². The Morgan fingerprint density at radius 3 is 2.89 bits per heavy atom. The number of nitrogens with zero attached hydrogens (tertiary/aromatic N) is 2. The molecule has 0 saturated carbocycles. The van der Waals surface area contributed by atoms with Crippen LogP contribution in [0.25, 0.3) is 0 Å². The molecule has 1 aliphatic rings. The van der Waals surface area contributed by atoms with E-state index in [2.05, 4.69) is 15.1 Å². The minimum Gasteiger partial charge on any atom is 1.00 e. The standard InChI is InChI=1S/C12H11N2O2Se.Li/c1-2-16-12(15)10-11(17-8-13-10)14-9-6-4-3-5-7-9;/h3-7,10H,2H2,1H3;/q-1;+1. The van der Waals surface area contributed by atoms with E-state index in [0.717, 1.165) is 10.3 Å². The smallest absolute Gasteiger partial charge is 1.00 e. The summed E-state index contributed by atoms with van der Waals surface area (Å²) in [5, 5.41) is 2.84. The van der Waals surface area contributed by atoms with E-state index in [4.69, 9.17) is 4.74 Å². The maximum atomic E-state index is 11.6. The average Bonchev–Trinajstić information content (AvgIpc) is 2.79. The van der Waals surface area contributed by atoms with Crippen molar-refractivity contribution < 1.29 is 28.4 Å². The number of carbonyl (C=O) groups excluding carboxylic acids is 1. The summed E-state index contributed by atoms with van der Waals surface area (Å²) in [6.45, 7) is 2.13. The molecule has 18 heavy (non-hydrogen) atoms. The normalized spacial score (nSPS) is 19.6. The molecule has 1 aliphatic heterocycles. The third-order valence-corrected chi connectivity index (χ3v) is 3.58. The summed E-state index contributed by atoms with van der Waals surface area (Å²) in [4.78, 5) is 20.1. The van der Waals surface area contributed by atoms with Crippen molar-refractivity contribution in [2.24, 2.45) is 9.98 Å². The first-order valence-electron chi connectivity index (χ1n) is 5.23. The van der Waals surface area contributed by atoms with Crippen molar-refractivity contribution in [1.29, 1.82) is 0 Å². The maximum absolute atomic E-state index is 11.6. The van der Waals surface area contributed by atoms with E-state index in [-0.39, 0.29) is 39.8 Å². The van der Waals surface area contributed by atoms with Crippen molar-refractivity contribution in [2.45, 2.75) is 13.0 Å². The first kappa shape index (κ1) is 15.2. The molecule has 0 saturated heterocycles. The SMILES string of the molecule is CCOC(=O)C1N=[C-][Se]C1=Nc1ccccc1.[Li+]. The Balaban J connectivity index is 0.00000162. The second-order valence-corrected chi connectivity index (χ2v) is 4.95. The monoisotopic (exact) mass is 302 g/mol. The van der Waals surface area contributed by atoms with Gasteiger partial charge in [0, 0.05) is 0 Å². The molecule has 88 valence electrons. The number of hydrogen-bond donors (Lipinski definition) is 0. The van der Waals surface area contributed by atoms with E-state index >= 15 is 0 Å². The summed E-state index contributed by atoms with van der Waals surface area (Å²) in [5.41, 5.74) is 0.831. The van der Waals surface area contributed by atoms with Gasteiger partial charge in [-0.05, 0) is 0 Å². The molecule has 6 heteroatoms. The van der Waals surface area contributed by atoms with Crippen LogP contribution in [-0.4, -0.2) is 43.3 Å². The first-order valence-corrected chi connectivity index (χ1v) is 6.94. The van der Waals surface area contributed by atoms with Crippen LogP contribution in [0, 0.1) is 0 Å². The zero-order valence-corrected chi connectivity index (χ0v) is 12.0. The van der Waals surface area contributed by atoms with Crippen molar-refractivity contribution in [2.75, 3.05) is 6.61 Å². The molecule has 1 aromatic carbocycles. The number of carbonyl (C=O) groups is 1. The van der Waals surface area contributed by atoms with Crippen LogP contribution in [0.2, 0.25) is 0 Å². The van der Waals surface area contributed by atoms with Gasteiger partial charge in [0.05, 0.1) is 0 Å². The second kappa shape index (κ2) is 7.55. The Kier molecular flexibility index (Phi) is 6.38. The molecule has 0 aromatic heterocycles. The van der Waals surface area contributed by atoms with Crippen LogP contribution in [0.15, 0.2) is 40.3 Å². The summed E-state index contributed by atoms with van der Waals surface area (Å²) in [7, 11) is 0. The fraction of sp³-hybridized carbons (Fsp3) is 0.250. The molecular weight excluding hydrogens is 290 g/mol. The molecule has 0 bridgehead atoms. The summed E-state index contributed by atoms with van der Waals surface area (Å²) in [5.74, 6) is -0.339. The number of benzene rings is 1. The van der Waals surface area contributed by atoms with Crippen molar-refractivity contribution in [3.8, 4) is 0 Å². The minimum absolute atomic E-state index is 0. The van der Waals surface area contributed by atoms with Crippen molar-refractivity contribution in [1.82, 2.24) is 0 Å². The summed E-state index contributed by atoms with van der Waals surface area (Å²) < 4.78 is 5.70. The van der Waals surface area contributed by atoms with Gasteiger partial charge in [0.15, 0.2) is 0 Å². The number of rotatable bonds is 3. The van der Waals surface area contributed by atoms with Gasteiger partial charge in [0.2, 0.25) is 0 Å². The zero-order chi connectivity index (χ0) is 12.1. The van der Waals surface area contributed by atoms with Crippen LogP contribution >= 0.6 is 0 Å². The Morgan fingerprint density at radius 2 is 2.22 bits per heavy atom. The Hall–Kier alpha value is -0.853. The number of hydrogen-bond acceptors (Lipinski definition) is 4. The summed E-state index contributed by atoms with van der Waals surface area (Å²) >= 11 is -0.0761. The van der Waals surface area contributed by atoms with E-state index in [0.29, 0.717) is 6.61 Å². The van der Waals surface area contributed by atoms with E-state index in [9.17, 15) is 4.79 Å². The van der Waals surface area contributed by atoms with Gasteiger partial charge in [-0.3, -0.25) is 0 Å². The van der Waals surface area contributed by atoms with Crippen molar-refractivity contribution in [3.05, 3.63) is 30.3 Å². The van der Waals surface area contributed by atoms with Crippen LogP contribution in [0.5, 0.6) is 0 Å². The molecule has 0 radical (unpaired) electrons.